The normalized spacial score (nSPS) is 19.7. The maximum absolute atomic E-state index is 13.7. The van der Waals surface area contributed by atoms with Gasteiger partial charge in [0.1, 0.15) is 16.6 Å². The van der Waals surface area contributed by atoms with E-state index in [4.69, 9.17) is 9.15 Å². The average molecular weight is 521 g/mol. The Labute approximate surface area is 215 Å². The van der Waals surface area contributed by atoms with Crippen LogP contribution in [0.4, 0.5) is 14.7 Å². The Hall–Kier alpha value is -4.67. The Morgan fingerprint density at radius 2 is 1.76 bits per heavy atom. The van der Waals surface area contributed by atoms with E-state index in [1.165, 1.54) is 29.3 Å². The molecule has 0 spiro atoms. The van der Waals surface area contributed by atoms with Gasteiger partial charge < -0.3 is 9.15 Å². The highest BCUT2D eigenvalue weighted by atomic mass is 19.1. The van der Waals surface area contributed by atoms with Crippen molar-refractivity contribution >= 4 is 29.5 Å². The van der Waals surface area contributed by atoms with Crippen molar-refractivity contribution in [3.63, 3.8) is 0 Å². The Bertz CT molecular complexity index is 1450. The third kappa shape index (κ3) is 5.08. The van der Waals surface area contributed by atoms with Crippen LogP contribution in [-0.4, -0.2) is 34.1 Å². The van der Waals surface area contributed by atoms with E-state index in [2.05, 4.69) is 5.10 Å². The zero-order valence-corrected chi connectivity index (χ0v) is 19.9. The van der Waals surface area contributed by atoms with E-state index < -0.39 is 46.9 Å². The lowest BCUT2D eigenvalue weighted by Gasteiger charge is -2.29. The molecule has 0 bridgehead atoms. The lowest BCUT2D eigenvalue weighted by Crippen LogP contribution is -2.34. The van der Waals surface area contributed by atoms with Gasteiger partial charge in [-0.15, -0.1) is 0 Å². The predicted octanol–water partition coefficient (Wildman–Crippen LogP) is 5.45. The summed E-state index contributed by atoms with van der Waals surface area (Å²) in [5.74, 6) is -3.66. The zero-order valence-electron chi connectivity index (χ0n) is 19.9. The van der Waals surface area contributed by atoms with Gasteiger partial charge in [0, 0.05) is 5.92 Å². The first-order valence-corrected chi connectivity index (χ1v) is 11.8. The van der Waals surface area contributed by atoms with Crippen LogP contribution < -0.4 is 0 Å². The molecule has 1 aliphatic heterocycles. The van der Waals surface area contributed by atoms with Crippen molar-refractivity contribution in [1.29, 1.82) is 0 Å². The SMILES string of the molecule is O=C(OCC(=O)N1N=C2/C(=C\c3ccc(F)cc3)CCC[C@H]2[C@@H]1c1ccc(F)cc1)c1ccc([N+](=O)[O-])o1. The van der Waals surface area contributed by atoms with Gasteiger partial charge in [-0.25, -0.2) is 18.6 Å². The van der Waals surface area contributed by atoms with Crippen molar-refractivity contribution in [2.24, 2.45) is 11.0 Å². The van der Waals surface area contributed by atoms with E-state index in [9.17, 15) is 28.5 Å². The predicted molar refractivity (Wildman–Crippen MR) is 131 cm³/mol. The number of nitro groups is 1. The summed E-state index contributed by atoms with van der Waals surface area (Å²) in [6.45, 7) is -0.689. The van der Waals surface area contributed by atoms with Gasteiger partial charge in [0.05, 0.1) is 17.8 Å². The van der Waals surface area contributed by atoms with Gasteiger partial charge >= 0.3 is 11.9 Å². The number of furan rings is 1. The van der Waals surface area contributed by atoms with Crippen molar-refractivity contribution in [1.82, 2.24) is 5.01 Å². The molecule has 11 heteroatoms. The summed E-state index contributed by atoms with van der Waals surface area (Å²) in [5.41, 5.74) is 3.04. The third-order valence-electron chi connectivity index (χ3n) is 6.48. The molecule has 1 aromatic heterocycles. The Morgan fingerprint density at radius 3 is 2.42 bits per heavy atom. The Balaban J connectivity index is 1.41. The summed E-state index contributed by atoms with van der Waals surface area (Å²) in [4.78, 5) is 35.5. The van der Waals surface area contributed by atoms with Gasteiger partial charge in [0.15, 0.2) is 6.61 Å². The van der Waals surface area contributed by atoms with Crippen LogP contribution in [0.2, 0.25) is 0 Å². The number of benzene rings is 2. The molecule has 5 rings (SSSR count). The second-order valence-corrected chi connectivity index (χ2v) is 8.91. The van der Waals surface area contributed by atoms with Gasteiger partial charge in [-0.05, 0) is 72.4 Å². The van der Waals surface area contributed by atoms with Crippen LogP contribution >= 0.6 is 0 Å². The molecular weight excluding hydrogens is 500 g/mol. The lowest BCUT2D eigenvalue weighted by molar-refractivity contribution is -0.402. The molecule has 2 heterocycles. The number of halogens is 2. The number of carbonyl (C=O) groups is 2. The van der Waals surface area contributed by atoms with Crippen LogP contribution in [0.25, 0.3) is 6.08 Å². The van der Waals surface area contributed by atoms with Gasteiger partial charge in [0.25, 0.3) is 5.91 Å². The lowest BCUT2D eigenvalue weighted by atomic mass is 9.77. The van der Waals surface area contributed by atoms with Crippen LogP contribution in [0.15, 0.2) is 75.8 Å². The average Bonchev–Trinajstić information content (AvgIpc) is 3.56. The van der Waals surface area contributed by atoms with Crippen molar-refractivity contribution in [3.05, 3.63) is 105 Å². The molecule has 2 atom stereocenters. The third-order valence-corrected chi connectivity index (χ3v) is 6.48. The van der Waals surface area contributed by atoms with E-state index in [0.717, 1.165) is 36.1 Å². The molecule has 0 radical (unpaired) electrons. The van der Waals surface area contributed by atoms with E-state index in [0.29, 0.717) is 17.7 Å². The molecule has 1 amide bonds. The molecule has 1 fully saturated rings. The first-order valence-electron chi connectivity index (χ1n) is 11.8. The number of carbonyl (C=O) groups excluding carboxylic acids is 2. The van der Waals surface area contributed by atoms with Crippen LogP contribution in [0.5, 0.6) is 0 Å². The van der Waals surface area contributed by atoms with Gasteiger partial charge in [-0.1, -0.05) is 24.3 Å². The number of hydrogen-bond donors (Lipinski definition) is 0. The van der Waals surface area contributed by atoms with E-state index in [1.807, 2.05) is 6.08 Å². The van der Waals surface area contributed by atoms with Crippen molar-refractivity contribution in [2.75, 3.05) is 6.61 Å². The maximum Gasteiger partial charge on any atom is 0.433 e. The van der Waals surface area contributed by atoms with Crippen LogP contribution in [0, 0.1) is 27.7 Å². The second kappa shape index (κ2) is 10.4. The zero-order chi connectivity index (χ0) is 26.8. The summed E-state index contributed by atoms with van der Waals surface area (Å²) >= 11 is 0. The van der Waals surface area contributed by atoms with Crippen molar-refractivity contribution in [2.45, 2.75) is 25.3 Å². The standard InChI is InChI=1S/C27H21F2N3O6/c28-19-8-4-16(5-9-19)14-18-2-1-3-21-25(18)30-31(26(21)17-6-10-20(29)11-7-17)23(33)15-37-27(34)22-12-13-24(38-22)32(35)36/h4-14,21,26H,1-3,15H2/b18-14-/t21-,26+/m1/s1. The smallest absolute Gasteiger partial charge is 0.433 e. The number of hydrogen-bond acceptors (Lipinski definition) is 7. The number of ether oxygens (including phenoxy) is 1. The first-order chi connectivity index (χ1) is 18.3. The summed E-state index contributed by atoms with van der Waals surface area (Å²) < 4.78 is 36.9. The highest BCUT2D eigenvalue weighted by molar-refractivity contribution is 6.08. The van der Waals surface area contributed by atoms with E-state index in [1.54, 1.807) is 24.3 Å². The number of amides is 1. The molecule has 0 saturated heterocycles. The highest BCUT2D eigenvalue weighted by Gasteiger charge is 2.44. The topological polar surface area (TPSA) is 115 Å². The summed E-state index contributed by atoms with van der Waals surface area (Å²) in [7, 11) is 0. The quantitative estimate of drug-likeness (QED) is 0.242. The molecule has 3 aromatic rings. The number of esters is 1. The number of fused-ring (bicyclic) bond motifs is 1. The van der Waals surface area contributed by atoms with Gasteiger partial charge in [-0.3, -0.25) is 14.9 Å². The number of allylic oxidation sites excluding steroid dienone is 1. The van der Waals surface area contributed by atoms with Crippen LogP contribution in [0.3, 0.4) is 0 Å². The molecule has 38 heavy (non-hydrogen) atoms. The second-order valence-electron chi connectivity index (χ2n) is 8.91. The van der Waals surface area contributed by atoms with Crippen molar-refractivity contribution in [3.8, 4) is 0 Å². The Morgan fingerprint density at radius 1 is 1.08 bits per heavy atom. The van der Waals surface area contributed by atoms with Gasteiger partial charge in [-0.2, -0.15) is 5.10 Å². The molecular formula is C27H21F2N3O6. The minimum absolute atomic E-state index is 0.187. The molecule has 194 valence electrons. The highest BCUT2D eigenvalue weighted by Crippen LogP contribution is 2.44. The minimum Gasteiger partial charge on any atom is -0.450 e. The number of rotatable bonds is 6. The molecule has 9 nitrogen and oxygen atoms in total. The van der Waals surface area contributed by atoms with E-state index >= 15 is 0 Å². The molecule has 1 saturated carbocycles. The first kappa shape index (κ1) is 25.0. The fourth-order valence-electron chi connectivity index (χ4n) is 4.76. The maximum atomic E-state index is 13.7. The summed E-state index contributed by atoms with van der Waals surface area (Å²) in [6, 6.07) is 13.4. The summed E-state index contributed by atoms with van der Waals surface area (Å²) in [5, 5.41) is 16.7. The fraction of sp³-hybridized carbons (Fsp3) is 0.222. The van der Waals surface area contributed by atoms with Crippen molar-refractivity contribution < 1.29 is 32.4 Å². The van der Waals surface area contributed by atoms with Crippen LogP contribution in [-0.2, 0) is 9.53 Å². The molecule has 2 aliphatic rings. The van der Waals surface area contributed by atoms with Gasteiger partial charge in [0.2, 0.25) is 5.76 Å². The summed E-state index contributed by atoms with van der Waals surface area (Å²) in [6.07, 6.45) is 4.16. The number of hydrazone groups is 1. The minimum atomic E-state index is -1.04. The molecule has 0 unspecified atom stereocenters. The van der Waals surface area contributed by atoms with E-state index in [-0.39, 0.29) is 11.7 Å². The fourth-order valence-corrected chi connectivity index (χ4v) is 4.76. The monoisotopic (exact) mass is 521 g/mol. The largest absolute Gasteiger partial charge is 0.450 e. The van der Waals surface area contributed by atoms with Crippen LogP contribution in [0.1, 0.15) is 47.0 Å². The molecule has 1 aliphatic carbocycles. The molecule has 2 aromatic carbocycles. The molecule has 0 N–H and O–H groups in total. The Kier molecular flexibility index (Phi) is 6.82. The number of nitrogens with zero attached hydrogens (tertiary/aromatic N) is 3.